The zero-order valence-electron chi connectivity index (χ0n) is 10.6. The maximum Gasteiger partial charge on any atom is 0.219 e. The van der Waals surface area contributed by atoms with Crippen molar-refractivity contribution in [3.63, 3.8) is 0 Å². The van der Waals surface area contributed by atoms with Crippen LogP contribution < -0.4 is 0 Å². The Morgan fingerprint density at radius 3 is 2.95 bits per heavy atom. The summed E-state index contributed by atoms with van der Waals surface area (Å²) in [5, 5.41) is 7.18. The Hall–Kier alpha value is -2.17. The first-order valence-corrected chi connectivity index (χ1v) is 6.23. The largest absolute Gasteiger partial charge is 0.338 e. The average Bonchev–Trinajstić information content (AvgIpc) is 2.82. The van der Waals surface area contributed by atoms with Crippen molar-refractivity contribution >= 4 is 5.91 Å². The van der Waals surface area contributed by atoms with E-state index in [9.17, 15) is 9.18 Å². The molecule has 0 unspecified atom stereocenters. The summed E-state index contributed by atoms with van der Waals surface area (Å²) in [5.74, 6) is -0.261. The van der Waals surface area contributed by atoms with Gasteiger partial charge in [-0.05, 0) is 12.1 Å². The van der Waals surface area contributed by atoms with Crippen LogP contribution in [0.5, 0.6) is 0 Å². The number of benzene rings is 1. The summed E-state index contributed by atoms with van der Waals surface area (Å²) in [7, 11) is 0. The molecule has 0 aliphatic carbocycles. The summed E-state index contributed by atoms with van der Waals surface area (Å²) in [5.41, 5.74) is 3.01. The third-order valence-corrected chi connectivity index (χ3v) is 3.51. The molecule has 19 heavy (non-hydrogen) atoms. The van der Waals surface area contributed by atoms with Gasteiger partial charge >= 0.3 is 0 Å². The van der Waals surface area contributed by atoms with Crippen molar-refractivity contribution in [1.82, 2.24) is 15.1 Å². The van der Waals surface area contributed by atoms with E-state index in [4.69, 9.17) is 0 Å². The van der Waals surface area contributed by atoms with Crippen molar-refractivity contribution in [2.75, 3.05) is 6.54 Å². The Labute approximate surface area is 110 Å². The van der Waals surface area contributed by atoms with Crippen LogP contribution in [0.15, 0.2) is 24.3 Å². The molecule has 98 valence electrons. The number of nitrogens with zero attached hydrogens (tertiary/aromatic N) is 2. The normalized spacial score (nSPS) is 14.3. The molecule has 1 aliphatic rings. The minimum atomic E-state index is -0.295. The van der Waals surface area contributed by atoms with Gasteiger partial charge in [0.15, 0.2) is 0 Å². The van der Waals surface area contributed by atoms with Crippen molar-refractivity contribution in [2.45, 2.75) is 19.9 Å². The molecule has 0 radical (unpaired) electrons. The van der Waals surface area contributed by atoms with Crippen LogP contribution in [0.3, 0.4) is 0 Å². The number of amides is 1. The van der Waals surface area contributed by atoms with Crippen LogP contribution in [0.4, 0.5) is 4.39 Å². The third-order valence-electron chi connectivity index (χ3n) is 3.51. The molecule has 1 aromatic carbocycles. The van der Waals surface area contributed by atoms with Gasteiger partial charge in [0.05, 0.1) is 0 Å². The highest BCUT2D eigenvalue weighted by atomic mass is 19.1. The number of H-pyrrole nitrogens is 1. The van der Waals surface area contributed by atoms with Crippen molar-refractivity contribution in [3.8, 4) is 11.3 Å². The zero-order chi connectivity index (χ0) is 13.4. The van der Waals surface area contributed by atoms with Gasteiger partial charge in [-0.1, -0.05) is 12.1 Å². The first-order chi connectivity index (χ1) is 9.16. The maximum absolute atomic E-state index is 13.8. The second-order valence-electron chi connectivity index (χ2n) is 4.70. The standard InChI is InChI=1S/C14H14FN3O/c1-9(19)18-7-6-13-11(8-18)14(17-16-13)10-4-2-3-5-12(10)15/h2-5H,6-8H2,1H3,(H,16,17). The SMILES string of the molecule is CC(=O)N1CCc2[nH]nc(-c3ccccc3F)c2C1. The summed E-state index contributed by atoms with van der Waals surface area (Å²) >= 11 is 0. The highest BCUT2D eigenvalue weighted by molar-refractivity contribution is 5.74. The van der Waals surface area contributed by atoms with E-state index in [2.05, 4.69) is 10.2 Å². The Morgan fingerprint density at radius 1 is 1.42 bits per heavy atom. The van der Waals surface area contributed by atoms with Crippen molar-refractivity contribution in [3.05, 3.63) is 41.3 Å². The molecule has 0 spiro atoms. The monoisotopic (exact) mass is 259 g/mol. The molecular weight excluding hydrogens is 245 g/mol. The number of hydrogen-bond donors (Lipinski definition) is 1. The second-order valence-corrected chi connectivity index (χ2v) is 4.70. The summed E-state index contributed by atoms with van der Waals surface area (Å²) in [6.45, 7) is 2.72. The van der Waals surface area contributed by atoms with Crippen molar-refractivity contribution in [2.24, 2.45) is 0 Å². The summed E-state index contributed by atoms with van der Waals surface area (Å²) in [6, 6.07) is 6.56. The molecule has 2 heterocycles. The number of rotatable bonds is 1. The van der Waals surface area contributed by atoms with Gasteiger partial charge < -0.3 is 4.90 Å². The van der Waals surface area contributed by atoms with Gasteiger partial charge in [0.25, 0.3) is 0 Å². The highest BCUT2D eigenvalue weighted by Gasteiger charge is 2.24. The Bertz CT molecular complexity index is 635. The van der Waals surface area contributed by atoms with Gasteiger partial charge in [-0.15, -0.1) is 0 Å². The fraction of sp³-hybridized carbons (Fsp3) is 0.286. The number of carbonyl (C=O) groups is 1. The molecular formula is C14H14FN3O. The number of fused-ring (bicyclic) bond motifs is 1. The van der Waals surface area contributed by atoms with E-state index < -0.39 is 0 Å². The Morgan fingerprint density at radius 2 is 2.21 bits per heavy atom. The molecule has 5 heteroatoms. The quantitative estimate of drug-likeness (QED) is 0.852. The van der Waals surface area contributed by atoms with Crippen LogP contribution >= 0.6 is 0 Å². The number of carbonyl (C=O) groups excluding carboxylic acids is 1. The second kappa shape index (κ2) is 4.50. The minimum Gasteiger partial charge on any atom is -0.338 e. The summed E-state index contributed by atoms with van der Waals surface area (Å²) in [6.07, 6.45) is 0.733. The molecule has 2 aromatic rings. The van der Waals surface area contributed by atoms with Crippen LogP contribution in [-0.2, 0) is 17.8 Å². The average molecular weight is 259 g/mol. The molecule has 1 aromatic heterocycles. The van der Waals surface area contributed by atoms with E-state index in [0.717, 1.165) is 17.7 Å². The molecule has 1 amide bonds. The van der Waals surface area contributed by atoms with E-state index in [-0.39, 0.29) is 11.7 Å². The highest BCUT2D eigenvalue weighted by Crippen LogP contribution is 2.29. The first kappa shape index (κ1) is 11.9. The van der Waals surface area contributed by atoms with Crippen LogP contribution in [-0.4, -0.2) is 27.5 Å². The van der Waals surface area contributed by atoms with E-state index in [1.807, 2.05) is 0 Å². The van der Waals surface area contributed by atoms with Crippen LogP contribution in [0.2, 0.25) is 0 Å². The predicted molar refractivity (Wildman–Crippen MR) is 68.8 cm³/mol. The van der Waals surface area contributed by atoms with E-state index in [1.54, 1.807) is 30.0 Å². The van der Waals surface area contributed by atoms with Crippen molar-refractivity contribution < 1.29 is 9.18 Å². The Balaban J connectivity index is 2.04. The zero-order valence-corrected chi connectivity index (χ0v) is 10.6. The molecule has 0 fully saturated rings. The van der Waals surface area contributed by atoms with Gasteiger partial charge in [0.1, 0.15) is 11.5 Å². The van der Waals surface area contributed by atoms with E-state index in [1.165, 1.54) is 6.07 Å². The van der Waals surface area contributed by atoms with Gasteiger partial charge in [-0.25, -0.2) is 4.39 Å². The molecule has 0 saturated carbocycles. The van der Waals surface area contributed by atoms with Crippen LogP contribution in [0, 0.1) is 5.82 Å². The molecule has 0 bridgehead atoms. The lowest BCUT2D eigenvalue weighted by atomic mass is 10.0. The number of hydrogen-bond acceptors (Lipinski definition) is 2. The van der Waals surface area contributed by atoms with Crippen molar-refractivity contribution in [1.29, 1.82) is 0 Å². The Kier molecular flexibility index (Phi) is 2.81. The minimum absolute atomic E-state index is 0.0336. The van der Waals surface area contributed by atoms with E-state index >= 15 is 0 Å². The molecule has 4 nitrogen and oxygen atoms in total. The smallest absolute Gasteiger partial charge is 0.219 e. The fourth-order valence-electron chi connectivity index (χ4n) is 2.44. The third kappa shape index (κ3) is 2.01. The summed E-state index contributed by atoms with van der Waals surface area (Å²) < 4.78 is 13.8. The number of aromatic amines is 1. The first-order valence-electron chi connectivity index (χ1n) is 6.23. The molecule has 1 aliphatic heterocycles. The maximum atomic E-state index is 13.8. The van der Waals surface area contributed by atoms with Crippen LogP contribution in [0.1, 0.15) is 18.2 Å². The van der Waals surface area contributed by atoms with Gasteiger partial charge in [0.2, 0.25) is 5.91 Å². The number of nitrogens with one attached hydrogen (secondary N) is 1. The predicted octanol–water partition coefficient (Wildman–Crippen LogP) is 2.12. The fourth-order valence-corrected chi connectivity index (χ4v) is 2.44. The lowest BCUT2D eigenvalue weighted by Crippen LogP contribution is -2.34. The van der Waals surface area contributed by atoms with E-state index in [0.29, 0.717) is 24.3 Å². The lowest BCUT2D eigenvalue weighted by Gasteiger charge is -2.25. The molecule has 1 N–H and O–H groups in total. The number of aromatic nitrogens is 2. The molecule has 0 saturated heterocycles. The van der Waals surface area contributed by atoms with Gasteiger partial charge in [-0.2, -0.15) is 5.10 Å². The summed E-state index contributed by atoms with van der Waals surface area (Å²) in [4.78, 5) is 13.2. The van der Waals surface area contributed by atoms with Gasteiger partial charge in [0, 0.05) is 43.3 Å². The van der Waals surface area contributed by atoms with Crippen LogP contribution in [0.25, 0.3) is 11.3 Å². The molecule has 0 atom stereocenters. The lowest BCUT2D eigenvalue weighted by molar-refractivity contribution is -0.129. The van der Waals surface area contributed by atoms with Gasteiger partial charge in [-0.3, -0.25) is 9.89 Å². The molecule has 3 rings (SSSR count). The number of halogens is 1. The topological polar surface area (TPSA) is 49.0 Å².